The molecule has 0 fully saturated rings. The summed E-state index contributed by atoms with van der Waals surface area (Å²) in [4.78, 5) is 26.6. The molecule has 0 bridgehead atoms. The van der Waals surface area contributed by atoms with Crippen LogP contribution >= 0.6 is 0 Å². The van der Waals surface area contributed by atoms with Crippen LogP contribution in [-0.4, -0.2) is 30.3 Å². The molecule has 0 saturated carbocycles. The van der Waals surface area contributed by atoms with Gasteiger partial charge in [0.05, 0.1) is 12.6 Å². The van der Waals surface area contributed by atoms with Crippen LogP contribution in [0.25, 0.3) is 0 Å². The number of carbonyl (C=O) groups is 2. The molecule has 0 aliphatic carbocycles. The van der Waals surface area contributed by atoms with Crippen molar-refractivity contribution in [3.8, 4) is 0 Å². The Morgan fingerprint density at radius 3 is 2.00 bits per heavy atom. The van der Waals surface area contributed by atoms with E-state index in [1.165, 1.54) is 10.5 Å². The Kier molecular flexibility index (Phi) is 7.17. The first kappa shape index (κ1) is 20.3. The van der Waals surface area contributed by atoms with Crippen molar-refractivity contribution in [2.24, 2.45) is 0 Å². The third-order valence-corrected chi connectivity index (χ3v) is 4.85. The van der Waals surface area contributed by atoms with Crippen molar-refractivity contribution in [2.45, 2.75) is 18.9 Å². The first-order valence-electron chi connectivity index (χ1n) is 9.82. The van der Waals surface area contributed by atoms with Crippen molar-refractivity contribution in [1.29, 1.82) is 0 Å². The van der Waals surface area contributed by atoms with Crippen molar-refractivity contribution < 1.29 is 9.59 Å². The Morgan fingerprint density at radius 2 is 1.38 bits per heavy atom. The molecule has 0 saturated heterocycles. The number of aryl methyl sites for hydroxylation is 1. The summed E-state index contributed by atoms with van der Waals surface area (Å²) in [7, 11) is 1.65. The van der Waals surface area contributed by atoms with E-state index in [0.717, 1.165) is 18.4 Å². The third kappa shape index (κ3) is 6.04. The molecule has 0 aromatic heterocycles. The molecule has 0 heterocycles. The number of benzene rings is 3. The maximum atomic E-state index is 12.7. The number of hydrogen-bond acceptors (Lipinski definition) is 2. The molecule has 2 amide bonds. The SMILES string of the molecule is CN(CC(=O)NC(CCc1ccccc1)c1ccccc1)C(=O)c1ccccc1. The van der Waals surface area contributed by atoms with Gasteiger partial charge in [-0.3, -0.25) is 9.59 Å². The van der Waals surface area contributed by atoms with Gasteiger partial charge in [0.2, 0.25) is 5.91 Å². The van der Waals surface area contributed by atoms with Crippen LogP contribution < -0.4 is 5.32 Å². The van der Waals surface area contributed by atoms with E-state index in [-0.39, 0.29) is 24.4 Å². The van der Waals surface area contributed by atoms with Crippen LogP contribution in [0, 0.1) is 0 Å². The average Bonchev–Trinajstić information content (AvgIpc) is 2.78. The lowest BCUT2D eigenvalue weighted by atomic mass is 9.99. The molecule has 3 rings (SSSR count). The number of amides is 2. The zero-order chi connectivity index (χ0) is 20.5. The van der Waals surface area contributed by atoms with Gasteiger partial charge in [-0.25, -0.2) is 0 Å². The molecule has 3 aromatic rings. The van der Waals surface area contributed by atoms with Crippen LogP contribution in [0.1, 0.15) is 33.9 Å². The van der Waals surface area contributed by atoms with Gasteiger partial charge in [-0.15, -0.1) is 0 Å². The molecule has 0 aliphatic heterocycles. The zero-order valence-electron chi connectivity index (χ0n) is 16.6. The normalized spacial score (nSPS) is 11.5. The maximum Gasteiger partial charge on any atom is 0.254 e. The number of hydrogen-bond donors (Lipinski definition) is 1. The molecule has 148 valence electrons. The Bertz CT molecular complexity index is 911. The van der Waals surface area contributed by atoms with Gasteiger partial charge in [-0.05, 0) is 36.1 Å². The minimum Gasteiger partial charge on any atom is -0.348 e. The molecule has 0 aliphatic rings. The summed E-state index contributed by atoms with van der Waals surface area (Å²) in [5.74, 6) is -0.333. The van der Waals surface area contributed by atoms with E-state index in [1.54, 1.807) is 19.2 Å². The minimum atomic E-state index is -0.168. The Hall–Kier alpha value is -3.40. The predicted octanol–water partition coefficient (Wildman–Crippen LogP) is 4.25. The average molecular weight is 386 g/mol. The molecule has 4 heteroatoms. The van der Waals surface area contributed by atoms with Crippen LogP contribution in [0.15, 0.2) is 91.0 Å². The van der Waals surface area contributed by atoms with E-state index in [1.807, 2.05) is 66.7 Å². The number of nitrogens with zero attached hydrogens (tertiary/aromatic N) is 1. The quantitative estimate of drug-likeness (QED) is 0.629. The fraction of sp³-hybridized carbons (Fsp3) is 0.200. The van der Waals surface area contributed by atoms with E-state index < -0.39 is 0 Å². The van der Waals surface area contributed by atoms with Gasteiger partial charge in [0.1, 0.15) is 0 Å². The van der Waals surface area contributed by atoms with Gasteiger partial charge in [-0.2, -0.15) is 0 Å². The summed E-state index contributed by atoms with van der Waals surface area (Å²) in [6.45, 7) is 0.0163. The summed E-state index contributed by atoms with van der Waals surface area (Å²) >= 11 is 0. The van der Waals surface area contributed by atoms with Crippen molar-refractivity contribution in [2.75, 3.05) is 13.6 Å². The molecule has 1 N–H and O–H groups in total. The second kappa shape index (κ2) is 10.2. The molecule has 1 atom stereocenters. The molecular formula is C25H26N2O2. The molecular weight excluding hydrogens is 360 g/mol. The standard InChI is InChI=1S/C25H26N2O2/c1-27(25(29)22-15-9-4-10-16-22)19-24(28)26-23(21-13-7-3-8-14-21)18-17-20-11-5-2-6-12-20/h2-16,23H,17-19H2,1H3,(H,26,28). The van der Waals surface area contributed by atoms with Crippen molar-refractivity contribution in [3.63, 3.8) is 0 Å². The van der Waals surface area contributed by atoms with Crippen molar-refractivity contribution in [1.82, 2.24) is 10.2 Å². The fourth-order valence-electron chi connectivity index (χ4n) is 3.29. The third-order valence-electron chi connectivity index (χ3n) is 4.85. The van der Waals surface area contributed by atoms with Crippen molar-refractivity contribution >= 4 is 11.8 Å². The van der Waals surface area contributed by atoms with Crippen LogP contribution in [0.4, 0.5) is 0 Å². The van der Waals surface area contributed by atoms with Gasteiger partial charge >= 0.3 is 0 Å². The highest BCUT2D eigenvalue weighted by atomic mass is 16.2. The molecule has 29 heavy (non-hydrogen) atoms. The van der Waals surface area contributed by atoms with E-state index >= 15 is 0 Å². The van der Waals surface area contributed by atoms with Crippen LogP contribution in [0.3, 0.4) is 0 Å². The van der Waals surface area contributed by atoms with E-state index in [4.69, 9.17) is 0 Å². The molecule has 1 unspecified atom stereocenters. The second-order valence-electron chi connectivity index (χ2n) is 7.08. The summed E-state index contributed by atoms with van der Waals surface area (Å²) in [6, 6.07) is 29.1. The van der Waals surface area contributed by atoms with Crippen LogP contribution in [0.5, 0.6) is 0 Å². The number of rotatable bonds is 8. The lowest BCUT2D eigenvalue weighted by Gasteiger charge is -2.22. The molecule has 3 aromatic carbocycles. The molecule has 4 nitrogen and oxygen atoms in total. The highest BCUT2D eigenvalue weighted by molar-refractivity contribution is 5.96. The minimum absolute atomic E-state index is 0.0163. The summed E-state index contributed by atoms with van der Waals surface area (Å²) in [6.07, 6.45) is 1.65. The second-order valence-corrected chi connectivity index (χ2v) is 7.08. The van der Waals surface area contributed by atoms with Gasteiger partial charge < -0.3 is 10.2 Å². The monoisotopic (exact) mass is 386 g/mol. The lowest BCUT2D eigenvalue weighted by molar-refractivity contribution is -0.122. The smallest absolute Gasteiger partial charge is 0.254 e. The first-order valence-corrected chi connectivity index (χ1v) is 9.82. The summed E-state index contributed by atoms with van der Waals surface area (Å²) in [5, 5.41) is 3.11. The van der Waals surface area contributed by atoms with Gasteiger partial charge in [0.25, 0.3) is 5.91 Å². The molecule has 0 radical (unpaired) electrons. The molecule has 0 spiro atoms. The van der Waals surface area contributed by atoms with E-state index in [9.17, 15) is 9.59 Å². The highest BCUT2D eigenvalue weighted by Gasteiger charge is 2.18. The Labute approximate surface area is 172 Å². The van der Waals surface area contributed by atoms with Crippen LogP contribution in [-0.2, 0) is 11.2 Å². The van der Waals surface area contributed by atoms with Crippen LogP contribution in [0.2, 0.25) is 0 Å². The summed E-state index contributed by atoms with van der Waals surface area (Å²) < 4.78 is 0. The van der Waals surface area contributed by atoms with E-state index in [0.29, 0.717) is 5.56 Å². The van der Waals surface area contributed by atoms with E-state index in [2.05, 4.69) is 17.4 Å². The largest absolute Gasteiger partial charge is 0.348 e. The zero-order valence-corrected chi connectivity index (χ0v) is 16.6. The number of nitrogens with one attached hydrogen (secondary N) is 1. The van der Waals surface area contributed by atoms with Crippen molar-refractivity contribution in [3.05, 3.63) is 108 Å². The Balaban J connectivity index is 1.63. The number of carbonyl (C=O) groups excluding carboxylic acids is 2. The predicted molar refractivity (Wildman–Crippen MR) is 115 cm³/mol. The topological polar surface area (TPSA) is 49.4 Å². The summed E-state index contributed by atoms with van der Waals surface area (Å²) in [5.41, 5.74) is 2.87. The van der Waals surface area contributed by atoms with Gasteiger partial charge in [-0.1, -0.05) is 78.9 Å². The first-order chi connectivity index (χ1) is 14.1. The fourth-order valence-corrected chi connectivity index (χ4v) is 3.29. The maximum absolute atomic E-state index is 12.7. The Morgan fingerprint density at radius 1 is 0.828 bits per heavy atom. The van der Waals surface area contributed by atoms with Gasteiger partial charge in [0, 0.05) is 12.6 Å². The highest BCUT2D eigenvalue weighted by Crippen LogP contribution is 2.19. The lowest BCUT2D eigenvalue weighted by Crippen LogP contribution is -2.40. The number of likely N-dealkylation sites (N-methyl/N-ethyl adjacent to an activating group) is 1. The van der Waals surface area contributed by atoms with Gasteiger partial charge in [0.15, 0.2) is 0 Å².